The van der Waals surface area contributed by atoms with Gasteiger partial charge >= 0.3 is 5.69 Å². The van der Waals surface area contributed by atoms with Crippen molar-refractivity contribution in [2.24, 2.45) is 5.41 Å². The third-order valence-electron chi connectivity index (χ3n) is 12.2. The van der Waals surface area contributed by atoms with Crippen LogP contribution in [0.2, 0.25) is 5.02 Å². The van der Waals surface area contributed by atoms with Gasteiger partial charge in [0.05, 0.1) is 43.1 Å². The number of fused-ring (bicyclic) bond motifs is 1. The molecule has 3 N–H and O–H groups in total. The van der Waals surface area contributed by atoms with Gasteiger partial charge in [0.2, 0.25) is 5.82 Å². The molecule has 14 nitrogen and oxygen atoms in total. The van der Waals surface area contributed by atoms with Crippen LogP contribution in [-0.4, -0.2) is 96.1 Å². The van der Waals surface area contributed by atoms with E-state index in [1.54, 1.807) is 24.4 Å². The molecule has 1 spiro atoms. The number of piperazine rings is 1. The standard InChI is InChI=1S/C41H41ClFN7O5S.C4H8O2/c1-44-34-9-10-36(37(43)38(34)50(52)53)56(54)47-40(51)32-8-7-30(22-35(32)55-31-21-27-12-16-45-39(27)46-24-31)49-19-17-48(18-20-49)25-28-11-15-41(13-2-14-41)23-33(28)26-3-5-29(42)6-4-26;1-2-6-4-3-5-1/h3-10,12,16,21-22,24,44H,2,11,13-15,17-20,23,25H2,1H3,(H,45,46)(H,47,51);1-4H2. The van der Waals surface area contributed by atoms with Gasteiger partial charge in [0, 0.05) is 68.1 Å². The lowest BCUT2D eigenvalue weighted by atomic mass is 9.59. The zero-order valence-electron chi connectivity index (χ0n) is 34.4. The van der Waals surface area contributed by atoms with Crippen molar-refractivity contribution < 1.29 is 32.5 Å². The van der Waals surface area contributed by atoms with Gasteiger partial charge in [0.1, 0.15) is 27.7 Å². The topological polar surface area (TPSA) is 164 Å². The predicted octanol–water partition coefficient (Wildman–Crippen LogP) is 8.51. The Hall–Kier alpha value is -5.39. The lowest BCUT2D eigenvalue weighted by Crippen LogP contribution is -2.47. The lowest BCUT2D eigenvalue weighted by molar-refractivity contribution is -0.386. The predicted molar refractivity (Wildman–Crippen MR) is 238 cm³/mol. The van der Waals surface area contributed by atoms with Gasteiger partial charge in [0.15, 0.2) is 11.0 Å². The average molecular weight is 886 g/mol. The number of ether oxygens (including phenoxy) is 3. The van der Waals surface area contributed by atoms with Crippen molar-refractivity contribution in [1.29, 1.82) is 0 Å². The van der Waals surface area contributed by atoms with E-state index in [1.807, 2.05) is 24.3 Å². The van der Waals surface area contributed by atoms with Crippen molar-refractivity contribution in [3.8, 4) is 11.5 Å². The highest BCUT2D eigenvalue weighted by Gasteiger charge is 2.41. The number of carbonyl (C=O) groups is 1. The van der Waals surface area contributed by atoms with Gasteiger partial charge < -0.3 is 29.4 Å². The number of hydrogen-bond donors (Lipinski definition) is 3. The largest absolute Gasteiger partial charge is 0.455 e. The first-order valence-corrected chi connectivity index (χ1v) is 22.3. The smallest absolute Gasteiger partial charge is 0.328 e. The minimum Gasteiger partial charge on any atom is -0.455 e. The molecule has 1 amide bonds. The van der Waals surface area contributed by atoms with Crippen LogP contribution in [0.15, 0.2) is 89.6 Å². The third-order valence-corrected chi connectivity index (χ3v) is 13.5. The minimum atomic E-state index is -2.47. The fourth-order valence-electron chi connectivity index (χ4n) is 8.61. The van der Waals surface area contributed by atoms with Crippen LogP contribution in [-0.2, 0) is 20.5 Å². The van der Waals surface area contributed by atoms with Gasteiger partial charge in [0.25, 0.3) is 5.91 Å². The number of pyridine rings is 1. The number of hydrogen-bond acceptors (Lipinski definition) is 11. The van der Waals surface area contributed by atoms with Crippen molar-refractivity contribution in [3.05, 3.63) is 117 Å². The summed E-state index contributed by atoms with van der Waals surface area (Å²) in [5.41, 5.74) is 5.32. The Kier molecular flexibility index (Phi) is 13.5. The lowest BCUT2D eigenvalue weighted by Gasteiger charge is -2.47. The number of amides is 1. The molecule has 2 aliphatic carbocycles. The molecule has 4 heterocycles. The SMILES string of the molecule is C1COCCO1.CNc1ccc(S(=O)NC(=O)c2ccc(N3CCN(CC4=C(c5ccc(Cl)cc5)CC5(CCC5)CC4)CC3)cc2Oc2cnc3[nH]ccc3c2)c(F)c1[N+](=O)[O-]. The Morgan fingerprint density at radius 2 is 1.76 bits per heavy atom. The van der Waals surface area contributed by atoms with E-state index in [0.29, 0.717) is 16.8 Å². The third kappa shape index (κ3) is 9.79. The Morgan fingerprint density at radius 3 is 2.42 bits per heavy atom. The molecule has 2 aliphatic heterocycles. The van der Waals surface area contributed by atoms with Crippen molar-refractivity contribution in [2.75, 3.05) is 76.4 Å². The average Bonchev–Trinajstić information content (AvgIpc) is 3.75. The number of nitrogens with zero attached hydrogens (tertiary/aromatic N) is 4. The van der Waals surface area contributed by atoms with E-state index in [4.69, 9.17) is 25.8 Å². The highest BCUT2D eigenvalue weighted by Crippen LogP contribution is 2.55. The molecule has 17 heteroatoms. The van der Waals surface area contributed by atoms with Crippen LogP contribution in [0.5, 0.6) is 11.5 Å². The van der Waals surface area contributed by atoms with E-state index < -0.39 is 38.2 Å². The molecule has 9 rings (SSSR count). The number of allylic oxidation sites excluding steroid dienone is 1. The monoisotopic (exact) mass is 885 g/mol. The molecular weight excluding hydrogens is 837 g/mol. The fourth-order valence-corrected chi connectivity index (χ4v) is 9.58. The van der Waals surface area contributed by atoms with E-state index in [2.05, 4.69) is 41.9 Å². The van der Waals surface area contributed by atoms with Crippen LogP contribution in [0.4, 0.5) is 21.5 Å². The molecule has 1 saturated carbocycles. The quantitative estimate of drug-likeness (QED) is 0.0861. The van der Waals surface area contributed by atoms with Gasteiger partial charge in [-0.25, -0.2) is 9.19 Å². The van der Waals surface area contributed by atoms with Gasteiger partial charge in [-0.3, -0.25) is 24.5 Å². The Balaban J connectivity index is 0.000000813. The molecule has 62 heavy (non-hydrogen) atoms. The number of rotatable bonds is 11. The van der Waals surface area contributed by atoms with Crippen molar-refractivity contribution >= 4 is 62.2 Å². The number of aromatic amines is 1. The maximum atomic E-state index is 15.2. The first-order chi connectivity index (χ1) is 30.1. The molecule has 2 aromatic heterocycles. The fraction of sp³-hybridized carbons (Fsp3) is 0.378. The van der Waals surface area contributed by atoms with E-state index >= 15 is 4.39 Å². The summed E-state index contributed by atoms with van der Waals surface area (Å²) < 4.78 is 47.0. The summed E-state index contributed by atoms with van der Waals surface area (Å²) >= 11 is 6.26. The summed E-state index contributed by atoms with van der Waals surface area (Å²) in [6, 6.07) is 19.5. The number of H-pyrrole nitrogens is 1. The van der Waals surface area contributed by atoms with Crippen LogP contribution < -0.4 is 19.7 Å². The Morgan fingerprint density at radius 1 is 1.02 bits per heavy atom. The maximum Gasteiger partial charge on any atom is 0.328 e. The zero-order chi connectivity index (χ0) is 43.2. The second kappa shape index (κ2) is 19.3. The molecule has 1 unspecified atom stereocenters. The summed E-state index contributed by atoms with van der Waals surface area (Å²) in [4.78, 5) is 36.0. The molecule has 3 aromatic carbocycles. The van der Waals surface area contributed by atoms with E-state index in [1.165, 1.54) is 61.7 Å². The van der Waals surface area contributed by atoms with Crippen LogP contribution in [0, 0.1) is 21.3 Å². The van der Waals surface area contributed by atoms with Crippen LogP contribution in [0.3, 0.4) is 0 Å². The number of nitro benzene ring substituents is 1. The summed E-state index contributed by atoms with van der Waals surface area (Å²) in [6.07, 6.45) is 10.7. The van der Waals surface area contributed by atoms with Gasteiger partial charge in [-0.1, -0.05) is 35.7 Å². The van der Waals surface area contributed by atoms with Gasteiger partial charge in [-0.05, 0) is 97.2 Å². The zero-order valence-corrected chi connectivity index (χ0v) is 36.0. The normalized spacial score (nSPS) is 18.1. The molecule has 326 valence electrons. The number of nitro groups is 1. The second-order valence-corrected chi connectivity index (χ2v) is 17.6. The number of aromatic nitrogens is 2. The summed E-state index contributed by atoms with van der Waals surface area (Å²) in [5, 5.41) is 15.7. The second-order valence-electron chi connectivity index (χ2n) is 16.0. The number of benzene rings is 3. The number of nitrogens with one attached hydrogen (secondary N) is 3. The minimum absolute atomic E-state index is 0.0415. The summed E-state index contributed by atoms with van der Waals surface area (Å²) in [5.74, 6) is -1.57. The molecule has 2 saturated heterocycles. The molecule has 1 atom stereocenters. The van der Waals surface area contributed by atoms with Crippen molar-refractivity contribution in [3.63, 3.8) is 0 Å². The molecule has 0 radical (unpaired) electrons. The molecular formula is C45H49ClFN7O7S. The first kappa shape index (κ1) is 43.3. The number of anilines is 2. The van der Waals surface area contributed by atoms with E-state index in [-0.39, 0.29) is 17.0 Å². The first-order valence-electron chi connectivity index (χ1n) is 20.8. The molecule has 3 fully saturated rings. The molecule has 4 aliphatic rings. The van der Waals surface area contributed by atoms with E-state index in [0.717, 1.165) is 94.2 Å². The summed E-state index contributed by atoms with van der Waals surface area (Å²) in [6.45, 7) is 7.22. The molecule has 0 bridgehead atoms. The highest BCUT2D eigenvalue weighted by molar-refractivity contribution is 7.83. The summed E-state index contributed by atoms with van der Waals surface area (Å²) in [7, 11) is -1.06. The van der Waals surface area contributed by atoms with E-state index in [9.17, 15) is 19.1 Å². The number of carbonyl (C=O) groups excluding carboxylic acids is 1. The van der Waals surface area contributed by atoms with Gasteiger partial charge in [-0.15, -0.1) is 0 Å². The van der Waals surface area contributed by atoms with Crippen LogP contribution in [0.1, 0.15) is 54.4 Å². The van der Waals surface area contributed by atoms with Gasteiger partial charge in [-0.2, -0.15) is 4.39 Å². The van der Waals surface area contributed by atoms with Crippen molar-refractivity contribution in [2.45, 2.75) is 43.4 Å². The molecule has 5 aromatic rings. The Labute approximate surface area is 366 Å². The highest BCUT2D eigenvalue weighted by atomic mass is 35.5. The van der Waals surface area contributed by atoms with Crippen LogP contribution in [0.25, 0.3) is 16.6 Å². The Bertz CT molecular complexity index is 2470. The number of halogens is 2. The van der Waals surface area contributed by atoms with Crippen molar-refractivity contribution in [1.82, 2.24) is 19.6 Å². The maximum absolute atomic E-state index is 15.2. The van der Waals surface area contributed by atoms with Crippen LogP contribution >= 0.6 is 11.6 Å².